The molecule has 0 saturated heterocycles. The van der Waals surface area contributed by atoms with Crippen LogP contribution >= 0.6 is 23.2 Å². The van der Waals surface area contributed by atoms with Crippen LogP contribution in [0.15, 0.2) is 34.3 Å². The number of hydrogen-bond donors (Lipinski definition) is 0. The van der Waals surface area contributed by atoms with Crippen LogP contribution in [0.2, 0.25) is 10.0 Å². The first-order valence-corrected chi connectivity index (χ1v) is 11.0. The molecule has 1 heterocycles. The summed E-state index contributed by atoms with van der Waals surface area (Å²) in [5.74, 6) is 0.0188. The molecule has 150 valence electrons. The maximum absolute atomic E-state index is 14.0. The van der Waals surface area contributed by atoms with E-state index in [9.17, 15) is 8.60 Å². The number of aryl methyl sites for hydroxylation is 1. The first kappa shape index (κ1) is 21.3. The van der Waals surface area contributed by atoms with Crippen LogP contribution in [0.25, 0.3) is 0 Å². The topological polar surface area (TPSA) is 38.7 Å². The van der Waals surface area contributed by atoms with E-state index in [-0.39, 0.29) is 12.2 Å². The second-order valence-electron chi connectivity index (χ2n) is 7.30. The van der Waals surface area contributed by atoms with Crippen molar-refractivity contribution in [2.75, 3.05) is 12.4 Å². The molecule has 1 aliphatic heterocycles. The van der Waals surface area contributed by atoms with E-state index in [1.54, 1.807) is 12.1 Å². The van der Waals surface area contributed by atoms with Crippen LogP contribution in [0.4, 0.5) is 4.39 Å². The van der Waals surface area contributed by atoms with Gasteiger partial charge in [-0.05, 0) is 56.5 Å². The minimum atomic E-state index is -1.41. The van der Waals surface area contributed by atoms with Crippen LogP contribution in [0.1, 0.15) is 34.2 Å². The van der Waals surface area contributed by atoms with Gasteiger partial charge in [0.05, 0.1) is 22.3 Å². The molecule has 0 aromatic heterocycles. The Morgan fingerprint density at radius 2 is 1.64 bits per heavy atom. The molecule has 7 heteroatoms. The Kier molecular flexibility index (Phi) is 6.18. The van der Waals surface area contributed by atoms with Crippen LogP contribution in [0.3, 0.4) is 0 Å². The standard InChI is InChI=1S/C21H22Cl2FNO2S/c1-12-5-7-16(8-6-12)28(26)11-21(10-24)9-17(25-27-21)18-13(2)19(22)15(4)20(23)14(18)3/h5-8H,9-11H2,1-4H3/t21-,28?/m0/s1. The van der Waals surface area contributed by atoms with Crippen LogP contribution < -0.4 is 0 Å². The Hall–Kier alpha value is -1.43. The quantitative estimate of drug-likeness (QED) is 0.581. The molecule has 0 bridgehead atoms. The Bertz CT molecular complexity index is 946. The van der Waals surface area contributed by atoms with Gasteiger partial charge in [-0.3, -0.25) is 4.21 Å². The van der Waals surface area contributed by atoms with Crippen LogP contribution in [-0.4, -0.2) is 27.9 Å². The summed E-state index contributed by atoms with van der Waals surface area (Å²) in [5.41, 5.74) is 3.64. The minimum absolute atomic E-state index is 0.0188. The predicted octanol–water partition coefficient (Wildman–Crippen LogP) is 5.87. The lowest BCUT2D eigenvalue weighted by atomic mass is 9.90. The maximum Gasteiger partial charge on any atom is 0.183 e. The number of hydrogen-bond acceptors (Lipinski definition) is 3. The van der Waals surface area contributed by atoms with Gasteiger partial charge < -0.3 is 4.84 Å². The molecule has 0 amide bonds. The average Bonchev–Trinajstić information content (AvgIpc) is 3.09. The van der Waals surface area contributed by atoms with Gasteiger partial charge in [-0.1, -0.05) is 46.1 Å². The summed E-state index contributed by atoms with van der Waals surface area (Å²) in [6.07, 6.45) is 0.207. The van der Waals surface area contributed by atoms with Gasteiger partial charge >= 0.3 is 0 Å². The summed E-state index contributed by atoms with van der Waals surface area (Å²) in [5, 5.41) is 5.28. The third kappa shape index (κ3) is 3.85. The van der Waals surface area contributed by atoms with E-state index in [2.05, 4.69) is 5.16 Å². The van der Waals surface area contributed by atoms with Gasteiger partial charge in [0.15, 0.2) is 5.60 Å². The molecular weight excluding hydrogens is 420 g/mol. The molecule has 1 aliphatic rings. The molecule has 0 aliphatic carbocycles. The molecule has 3 nitrogen and oxygen atoms in total. The number of oxime groups is 1. The Labute approximate surface area is 177 Å². The highest BCUT2D eigenvalue weighted by molar-refractivity contribution is 7.85. The SMILES string of the molecule is Cc1ccc(S(=O)C[C@@]2(CF)CC(c3c(C)c(Cl)c(C)c(Cl)c3C)=NO2)cc1. The fraction of sp³-hybridized carbons (Fsp3) is 0.381. The molecule has 0 fully saturated rings. The fourth-order valence-electron chi connectivity index (χ4n) is 3.45. The van der Waals surface area contributed by atoms with E-state index in [4.69, 9.17) is 28.0 Å². The lowest BCUT2D eigenvalue weighted by molar-refractivity contribution is -0.0176. The fourth-order valence-corrected chi connectivity index (χ4v) is 5.19. The average molecular weight is 442 g/mol. The lowest BCUT2D eigenvalue weighted by Gasteiger charge is -2.23. The molecule has 2 aromatic rings. The molecule has 28 heavy (non-hydrogen) atoms. The molecule has 0 radical (unpaired) electrons. The second-order valence-corrected chi connectivity index (χ2v) is 9.51. The van der Waals surface area contributed by atoms with Crippen molar-refractivity contribution < 1.29 is 13.4 Å². The Balaban J connectivity index is 1.88. The summed E-state index contributed by atoms with van der Waals surface area (Å²) in [4.78, 5) is 6.17. The highest BCUT2D eigenvalue weighted by Gasteiger charge is 2.43. The smallest absolute Gasteiger partial charge is 0.183 e. The maximum atomic E-state index is 14.0. The van der Waals surface area contributed by atoms with Gasteiger partial charge in [0, 0.05) is 26.9 Å². The van der Waals surface area contributed by atoms with Crippen molar-refractivity contribution in [2.24, 2.45) is 5.16 Å². The van der Waals surface area contributed by atoms with E-state index in [1.807, 2.05) is 39.8 Å². The summed E-state index contributed by atoms with van der Waals surface area (Å²) in [7, 11) is -1.41. The number of alkyl halides is 1. The first-order chi connectivity index (χ1) is 13.2. The summed E-state index contributed by atoms with van der Waals surface area (Å²) < 4.78 is 26.8. The summed E-state index contributed by atoms with van der Waals surface area (Å²) >= 11 is 12.8. The van der Waals surface area contributed by atoms with Crippen molar-refractivity contribution in [1.82, 2.24) is 0 Å². The van der Waals surface area contributed by atoms with E-state index >= 15 is 0 Å². The Morgan fingerprint density at radius 1 is 1.07 bits per heavy atom. The van der Waals surface area contributed by atoms with Crippen LogP contribution in [0.5, 0.6) is 0 Å². The van der Waals surface area contributed by atoms with Gasteiger partial charge in [0.25, 0.3) is 0 Å². The minimum Gasteiger partial charge on any atom is -0.385 e. The molecule has 2 atom stereocenters. The lowest BCUT2D eigenvalue weighted by Crippen LogP contribution is -2.38. The molecule has 3 rings (SSSR count). The van der Waals surface area contributed by atoms with Crippen molar-refractivity contribution in [1.29, 1.82) is 0 Å². The number of benzene rings is 2. The van der Waals surface area contributed by atoms with E-state index < -0.39 is 23.1 Å². The second kappa shape index (κ2) is 8.13. The predicted molar refractivity (Wildman–Crippen MR) is 114 cm³/mol. The third-order valence-electron chi connectivity index (χ3n) is 5.12. The Morgan fingerprint density at radius 3 is 2.18 bits per heavy atom. The van der Waals surface area contributed by atoms with Crippen molar-refractivity contribution >= 4 is 39.7 Å². The summed E-state index contributed by atoms with van der Waals surface area (Å²) in [6, 6.07) is 7.36. The van der Waals surface area contributed by atoms with Crippen LogP contribution in [0, 0.1) is 27.7 Å². The first-order valence-electron chi connectivity index (χ1n) is 8.90. The molecule has 1 unspecified atom stereocenters. The molecule has 0 saturated carbocycles. The van der Waals surface area contributed by atoms with Crippen molar-refractivity contribution in [2.45, 2.75) is 44.6 Å². The van der Waals surface area contributed by atoms with Crippen molar-refractivity contribution in [3.8, 4) is 0 Å². The van der Waals surface area contributed by atoms with Gasteiger partial charge in [-0.15, -0.1) is 0 Å². The zero-order valence-corrected chi connectivity index (χ0v) is 18.6. The number of rotatable bonds is 5. The molecule has 2 aromatic carbocycles. The highest BCUT2D eigenvalue weighted by atomic mass is 35.5. The van der Waals surface area contributed by atoms with E-state index in [0.29, 0.717) is 20.7 Å². The van der Waals surface area contributed by atoms with E-state index in [1.165, 1.54) is 0 Å². The largest absolute Gasteiger partial charge is 0.385 e. The number of halogens is 3. The van der Waals surface area contributed by atoms with Gasteiger partial charge in [-0.25, -0.2) is 4.39 Å². The van der Waals surface area contributed by atoms with Crippen LogP contribution in [-0.2, 0) is 15.6 Å². The van der Waals surface area contributed by atoms with Gasteiger partial charge in [0.1, 0.15) is 6.67 Å². The summed E-state index contributed by atoms with van der Waals surface area (Å²) in [6.45, 7) is 6.80. The normalized spacial score (nSPS) is 20.0. The van der Waals surface area contributed by atoms with Gasteiger partial charge in [0.2, 0.25) is 0 Å². The monoisotopic (exact) mass is 441 g/mol. The molecule has 0 spiro atoms. The highest BCUT2D eigenvalue weighted by Crippen LogP contribution is 2.38. The van der Waals surface area contributed by atoms with Gasteiger partial charge in [-0.2, -0.15) is 0 Å². The van der Waals surface area contributed by atoms with Crippen molar-refractivity contribution in [3.05, 3.63) is 62.1 Å². The zero-order chi connectivity index (χ0) is 20.6. The van der Waals surface area contributed by atoms with E-state index in [0.717, 1.165) is 27.8 Å². The zero-order valence-electron chi connectivity index (χ0n) is 16.2. The van der Waals surface area contributed by atoms with Crippen molar-refractivity contribution in [3.63, 3.8) is 0 Å². The third-order valence-corrected chi connectivity index (χ3v) is 7.84. The molecule has 0 N–H and O–H groups in total. The number of nitrogens with zero attached hydrogens (tertiary/aromatic N) is 1. The molecular formula is C21H22Cl2FNO2S.